The molecule has 8 nitrogen and oxygen atoms in total. The number of H-pyrrole nitrogens is 1. The number of aromatic nitrogens is 2. The van der Waals surface area contributed by atoms with Crippen molar-refractivity contribution in [1.29, 1.82) is 5.26 Å². The van der Waals surface area contributed by atoms with Gasteiger partial charge < -0.3 is 24.7 Å². The van der Waals surface area contributed by atoms with E-state index in [4.69, 9.17) is 24.7 Å². The molecule has 11 heteroatoms. The normalized spacial score (nSPS) is 16.1. The van der Waals surface area contributed by atoms with Gasteiger partial charge in [-0.2, -0.15) is 18.4 Å². The lowest BCUT2D eigenvalue weighted by molar-refractivity contribution is -0.141. The second-order valence-electron chi connectivity index (χ2n) is 5.69. The van der Waals surface area contributed by atoms with Gasteiger partial charge in [0.25, 0.3) is 0 Å². The topological polar surface area (TPSA) is 115 Å². The summed E-state index contributed by atoms with van der Waals surface area (Å²) in [5.41, 5.74) is 4.15. The van der Waals surface area contributed by atoms with E-state index in [1.807, 2.05) is 11.2 Å². The molecule has 1 aromatic heterocycles. The number of methoxy groups -OCH3 is 3. The van der Waals surface area contributed by atoms with Crippen LogP contribution >= 0.6 is 0 Å². The molecule has 0 bridgehead atoms. The summed E-state index contributed by atoms with van der Waals surface area (Å²) >= 11 is 0. The number of nitrogens with zero attached hydrogens (tertiary/aromatic N) is 2. The summed E-state index contributed by atoms with van der Waals surface area (Å²) in [5.74, 6) is -1.40. The Bertz CT molecular complexity index is 966. The number of rotatable bonds is 4. The molecular weight excluding hydrogens is 381 g/mol. The van der Waals surface area contributed by atoms with Gasteiger partial charge in [0, 0.05) is 17.7 Å². The van der Waals surface area contributed by atoms with Gasteiger partial charge in [0.05, 0.1) is 32.8 Å². The predicted molar refractivity (Wildman–Crippen MR) is 89.0 cm³/mol. The maximum Gasteiger partial charge on any atom is 0.433 e. The van der Waals surface area contributed by atoms with Crippen LogP contribution in [0, 0.1) is 11.3 Å². The Morgan fingerprint density at radius 2 is 1.75 bits per heavy atom. The molecule has 1 atom stereocenters. The lowest BCUT2D eigenvalue weighted by Crippen LogP contribution is -2.23. The van der Waals surface area contributed by atoms with Crippen LogP contribution in [0.5, 0.6) is 23.1 Å². The quantitative estimate of drug-likeness (QED) is 0.816. The van der Waals surface area contributed by atoms with Gasteiger partial charge in [-0.05, 0) is 0 Å². The number of hydrogen-bond donors (Lipinski definition) is 2. The van der Waals surface area contributed by atoms with E-state index < -0.39 is 17.8 Å². The first-order valence-electron chi connectivity index (χ1n) is 7.79. The number of alkyl halides is 3. The van der Waals surface area contributed by atoms with E-state index >= 15 is 0 Å². The van der Waals surface area contributed by atoms with E-state index in [1.165, 1.54) is 33.5 Å². The van der Waals surface area contributed by atoms with E-state index in [0.29, 0.717) is 5.75 Å². The molecule has 148 valence electrons. The monoisotopic (exact) mass is 396 g/mol. The third-order valence-electron chi connectivity index (χ3n) is 4.26. The minimum Gasteiger partial charge on any atom is -0.496 e. The molecule has 1 aliphatic rings. The molecule has 2 heterocycles. The highest BCUT2D eigenvalue weighted by Gasteiger charge is 2.46. The maximum atomic E-state index is 13.6. The molecular formula is C17H15F3N4O4. The summed E-state index contributed by atoms with van der Waals surface area (Å²) in [6.45, 7) is 0. The Labute approximate surface area is 157 Å². The number of fused-ring (bicyclic) bond motifs is 1. The number of hydrogen-bond acceptors (Lipinski definition) is 7. The van der Waals surface area contributed by atoms with Gasteiger partial charge in [-0.3, -0.25) is 5.10 Å². The van der Waals surface area contributed by atoms with Crippen molar-refractivity contribution in [3.05, 3.63) is 40.4 Å². The summed E-state index contributed by atoms with van der Waals surface area (Å²) in [6.07, 6.45) is -4.78. The first-order chi connectivity index (χ1) is 13.3. The molecule has 28 heavy (non-hydrogen) atoms. The van der Waals surface area contributed by atoms with Gasteiger partial charge in [-0.25, -0.2) is 0 Å². The Hall–Kier alpha value is -3.55. The van der Waals surface area contributed by atoms with E-state index in [1.54, 1.807) is 0 Å². The van der Waals surface area contributed by atoms with Crippen molar-refractivity contribution in [2.75, 3.05) is 21.3 Å². The second-order valence-corrected chi connectivity index (χ2v) is 5.69. The zero-order valence-electron chi connectivity index (χ0n) is 15.0. The SMILES string of the molecule is COc1cc(OC)c([C@@H]2C(C#N)=C(N)Oc3n[nH]c(C(F)(F)F)c32)c(OC)c1. The van der Waals surface area contributed by atoms with Gasteiger partial charge in [0.1, 0.15) is 34.6 Å². The van der Waals surface area contributed by atoms with Crippen molar-refractivity contribution in [1.82, 2.24) is 10.2 Å². The van der Waals surface area contributed by atoms with Crippen LogP contribution in [0.25, 0.3) is 0 Å². The van der Waals surface area contributed by atoms with Crippen molar-refractivity contribution >= 4 is 0 Å². The zero-order chi connectivity index (χ0) is 20.6. The molecule has 0 fully saturated rings. The fraction of sp³-hybridized carbons (Fsp3) is 0.294. The van der Waals surface area contributed by atoms with E-state index in [2.05, 4.69) is 5.10 Å². The number of nitriles is 1. The Balaban J connectivity index is 2.39. The van der Waals surface area contributed by atoms with Crippen LogP contribution in [0.4, 0.5) is 13.2 Å². The van der Waals surface area contributed by atoms with Crippen LogP contribution in [0.2, 0.25) is 0 Å². The summed E-state index contributed by atoms with van der Waals surface area (Å²) in [6, 6.07) is 4.75. The molecule has 3 N–H and O–H groups in total. The molecule has 2 aromatic rings. The average Bonchev–Trinajstić information content (AvgIpc) is 3.09. The van der Waals surface area contributed by atoms with Gasteiger partial charge in [-0.1, -0.05) is 0 Å². The third-order valence-corrected chi connectivity index (χ3v) is 4.26. The van der Waals surface area contributed by atoms with Crippen LogP contribution in [-0.4, -0.2) is 31.5 Å². The Morgan fingerprint density at radius 1 is 1.14 bits per heavy atom. The van der Waals surface area contributed by atoms with Crippen LogP contribution in [-0.2, 0) is 6.18 Å². The van der Waals surface area contributed by atoms with Crippen molar-refractivity contribution < 1.29 is 32.1 Å². The van der Waals surface area contributed by atoms with Crippen LogP contribution in [0.1, 0.15) is 22.7 Å². The minimum absolute atomic E-state index is 0.143. The number of ether oxygens (including phenoxy) is 4. The molecule has 3 rings (SSSR count). The molecule has 0 amide bonds. The maximum absolute atomic E-state index is 13.6. The smallest absolute Gasteiger partial charge is 0.433 e. The molecule has 0 spiro atoms. The highest BCUT2D eigenvalue weighted by atomic mass is 19.4. The third kappa shape index (κ3) is 2.92. The van der Waals surface area contributed by atoms with Gasteiger partial charge >= 0.3 is 6.18 Å². The number of halogens is 3. The highest BCUT2D eigenvalue weighted by Crippen LogP contribution is 2.52. The lowest BCUT2D eigenvalue weighted by atomic mass is 9.82. The summed E-state index contributed by atoms with van der Waals surface area (Å²) in [5, 5.41) is 15.1. The Morgan fingerprint density at radius 3 is 2.21 bits per heavy atom. The van der Waals surface area contributed by atoms with E-state index in [9.17, 15) is 18.4 Å². The van der Waals surface area contributed by atoms with Crippen molar-refractivity contribution in [2.45, 2.75) is 12.1 Å². The fourth-order valence-electron chi connectivity index (χ4n) is 3.07. The fourth-order valence-corrected chi connectivity index (χ4v) is 3.07. The van der Waals surface area contributed by atoms with Gasteiger partial charge in [0.15, 0.2) is 0 Å². The molecule has 0 saturated carbocycles. The lowest BCUT2D eigenvalue weighted by Gasteiger charge is -2.27. The molecule has 0 radical (unpaired) electrons. The average molecular weight is 396 g/mol. The standard InChI is InChI=1S/C17H15F3N4O4/c1-25-7-4-9(26-2)12(10(5-7)27-3)11-8(6-21)15(22)28-16-13(11)14(23-24-16)17(18,19)20/h4-5,11H,22H2,1-3H3,(H,23,24)/t11-/m0/s1. The summed E-state index contributed by atoms with van der Waals surface area (Å²) in [4.78, 5) is 0. The molecule has 1 aliphatic heterocycles. The molecule has 0 aliphatic carbocycles. The highest BCUT2D eigenvalue weighted by molar-refractivity contribution is 5.63. The van der Waals surface area contributed by atoms with Crippen molar-refractivity contribution in [2.24, 2.45) is 5.73 Å². The zero-order valence-corrected chi connectivity index (χ0v) is 15.0. The van der Waals surface area contributed by atoms with E-state index in [-0.39, 0.29) is 40.0 Å². The van der Waals surface area contributed by atoms with Gasteiger partial charge in [0.2, 0.25) is 11.8 Å². The van der Waals surface area contributed by atoms with Crippen LogP contribution in [0.3, 0.4) is 0 Å². The van der Waals surface area contributed by atoms with Gasteiger partial charge in [-0.15, -0.1) is 5.10 Å². The second kappa shape index (κ2) is 6.88. The molecule has 1 aromatic carbocycles. The van der Waals surface area contributed by atoms with Crippen LogP contribution in [0.15, 0.2) is 23.6 Å². The van der Waals surface area contributed by atoms with Crippen molar-refractivity contribution in [3.8, 4) is 29.2 Å². The Kier molecular flexibility index (Phi) is 4.72. The minimum atomic E-state index is -4.78. The number of aromatic amines is 1. The van der Waals surface area contributed by atoms with Crippen LogP contribution < -0.4 is 24.7 Å². The number of allylic oxidation sites excluding steroid dienone is 1. The summed E-state index contributed by atoms with van der Waals surface area (Å²) in [7, 11) is 4.07. The van der Waals surface area contributed by atoms with Crippen molar-refractivity contribution in [3.63, 3.8) is 0 Å². The first kappa shape index (κ1) is 19.2. The first-order valence-corrected chi connectivity index (χ1v) is 7.79. The molecule has 0 unspecified atom stereocenters. The summed E-state index contributed by atoms with van der Waals surface area (Å²) < 4.78 is 61.7. The molecule has 0 saturated heterocycles. The number of nitrogens with one attached hydrogen (secondary N) is 1. The largest absolute Gasteiger partial charge is 0.496 e. The van der Waals surface area contributed by atoms with E-state index in [0.717, 1.165) is 0 Å². The number of nitrogens with two attached hydrogens (primary N) is 1. The predicted octanol–water partition coefficient (Wildman–Crippen LogP) is 2.67. The number of benzene rings is 1.